The number of allylic oxidation sites excluding steroid dienone is 1. The fourth-order valence-electron chi connectivity index (χ4n) is 3.90. The number of amides is 1. The van der Waals surface area contributed by atoms with Crippen molar-refractivity contribution in [2.45, 2.75) is 26.1 Å². The number of alkyl halides is 3. The topological polar surface area (TPSA) is 38.8 Å². The zero-order valence-corrected chi connectivity index (χ0v) is 24.0. The molecule has 3 aromatic rings. The maximum absolute atomic E-state index is 13.2. The largest absolute Gasteiger partial charge is 0.490 e. The average Bonchev–Trinajstić information content (AvgIpc) is 3.16. The summed E-state index contributed by atoms with van der Waals surface area (Å²) in [7, 11) is 0. The van der Waals surface area contributed by atoms with E-state index in [-0.39, 0.29) is 14.9 Å². The third-order valence-corrected chi connectivity index (χ3v) is 7.47. The van der Waals surface area contributed by atoms with Gasteiger partial charge in [0.2, 0.25) is 0 Å². The standard InChI is InChI=1S/C29H23BrF3NO3S2/c1-3-6-20-13-19(14-24(36-4-2)26(20)37-17-18-9-11-22(30)12-10-18)15-25-27(35)34(28(38)39-25)23-8-5-7-21(16-23)29(31,32)33/h3,5,7-16H,1,4,6,17H2,2H3/b25-15+. The van der Waals surface area contributed by atoms with Gasteiger partial charge in [0.05, 0.1) is 22.8 Å². The summed E-state index contributed by atoms with van der Waals surface area (Å²) in [6.07, 6.45) is -0.651. The van der Waals surface area contributed by atoms with E-state index in [0.29, 0.717) is 36.7 Å². The number of anilines is 1. The number of ether oxygens (including phenoxy) is 2. The minimum Gasteiger partial charge on any atom is -0.490 e. The van der Waals surface area contributed by atoms with Crippen LogP contribution in [0.4, 0.5) is 18.9 Å². The molecule has 4 rings (SSSR count). The van der Waals surface area contributed by atoms with E-state index in [4.69, 9.17) is 21.7 Å². The second kappa shape index (κ2) is 12.4. The monoisotopic (exact) mass is 633 g/mol. The van der Waals surface area contributed by atoms with Gasteiger partial charge in [-0.3, -0.25) is 9.69 Å². The highest BCUT2D eigenvalue weighted by molar-refractivity contribution is 9.10. The highest BCUT2D eigenvalue weighted by atomic mass is 79.9. The first-order valence-electron chi connectivity index (χ1n) is 11.8. The molecule has 0 atom stereocenters. The smallest absolute Gasteiger partial charge is 0.416 e. The van der Waals surface area contributed by atoms with E-state index in [0.717, 1.165) is 44.4 Å². The number of thioether (sulfide) groups is 1. The third kappa shape index (κ3) is 6.93. The molecule has 0 aromatic heterocycles. The van der Waals surface area contributed by atoms with Crippen LogP contribution in [0.15, 0.2) is 82.7 Å². The Kier molecular flexibility index (Phi) is 9.19. The Morgan fingerprint density at radius 1 is 1.10 bits per heavy atom. The second-order valence-corrected chi connectivity index (χ2v) is 11.0. The number of benzene rings is 3. The summed E-state index contributed by atoms with van der Waals surface area (Å²) in [4.78, 5) is 14.6. The number of carbonyl (C=O) groups excluding carboxylic acids is 1. The molecule has 0 aliphatic carbocycles. The van der Waals surface area contributed by atoms with E-state index in [1.54, 1.807) is 18.2 Å². The van der Waals surface area contributed by atoms with Crippen molar-refractivity contribution in [3.8, 4) is 11.5 Å². The van der Waals surface area contributed by atoms with Crippen molar-refractivity contribution >= 4 is 61.9 Å². The van der Waals surface area contributed by atoms with Gasteiger partial charge in [-0.25, -0.2) is 0 Å². The van der Waals surface area contributed by atoms with Crippen molar-refractivity contribution in [1.29, 1.82) is 0 Å². The first kappa shape index (κ1) is 28.9. The summed E-state index contributed by atoms with van der Waals surface area (Å²) < 4.78 is 52.9. The van der Waals surface area contributed by atoms with Gasteiger partial charge in [-0.05, 0) is 73.0 Å². The van der Waals surface area contributed by atoms with Crippen LogP contribution in [0.25, 0.3) is 6.08 Å². The van der Waals surface area contributed by atoms with E-state index in [9.17, 15) is 18.0 Å². The first-order chi connectivity index (χ1) is 18.6. The van der Waals surface area contributed by atoms with Crippen molar-refractivity contribution in [2.24, 2.45) is 0 Å². The number of hydrogen-bond donors (Lipinski definition) is 0. The molecule has 3 aromatic carbocycles. The van der Waals surface area contributed by atoms with Crippen molar-refractivity contribution in [1.82, 2.24) is 0 Å². The normalized spacial score (nSPS) is 14.7. The average molecular weight is 635 g/mol. The minimum absolute atomic E-state index is 0.0646. The molecule has 1 fully saturated rings. The summed E-state index contributed by atoms with van der Waals surface area (Å²) in [6.45, 7) is 6.42. The van der Waals surface area contributed by atoms with E-state index in [2.05, 4.69) is 22.5 Å². The number of thiocarbonyl (C=S) groups is 1. The van der Waals surface area contributed by atoms with Crippen LogP contribution in [-0.2, 0) is 24.0 Å². The van der Waals surface area contributed by atoms with Gasteiger partial charge in [0, 0.05) is 10.0 Å². The molecule has 4 nitrogen and oxygen atoms in total. The van der Waals surface area contributed by atoms with Crippen LogP contribution in [0, 0.1) is 0 Å². The molecule has 1 aliphatic heterocycles. The summed E-state index contributed by atoms with van der Waals surface area (Å²) in [5, 5.41) is 0. The highest BCUT2D eigenvalue weighted by Crippen LogP contribution is 2.40. The Hall–Kier alpha value is -3.08. The van der Waals surface area contributed by atoms with Crippen molar-refractivity contribution in [3.63, 3.8) is 0 Å². The Morgan fingerprint density at radius 2 is 1.85 bits per heavy atom. The molecule has 0 radical (unpaired) electrons. The second-order valence-electron chi connectivity index (χ2n) is 8.41. The summed E-state index contributed by atoms with van der Waals surface area (Å²) in [5.74, 6) is 0.588. The van der Waals surface area contributed by atoms with Crippen LogP contribution >= 0.6 is 39.9 Å². The van der Waals surface area contributed by atoms with Crippen LogP contribution in [-0.4, -0.2) is 16.8 Å². The van der Waals surface area contributed by atoms with Gasteiger partial charge in [-0.2, -0.15) is 13.2 Å². The fourth-order valence-corrected chi connectivity index (χ4v) is 5.46. The van der Waals surface area contributed by atoms with Gasteiger partial charge in [0.25, 0.3) is 5.91 Å². The molecule has 0 N–H and O–H groups in total. The number of hydrogen-bond acceptors (Lipinski definition) is 5. The first-order valence-corrected chi connectivity index (χ1v) is 13.9. The number of rotatable bonds is 9. The molecule has 1 heterocycles. The number of halogens is 4. The maximum Gasteiger partial charge on any atom is 0.416 e. The van der Waals surface area contributed by atoms with Gasteiger partial charge in [0.15, 0.2) is 15.8 Å². The third-order valence-electron chi connectivity index (χ3n) is 5.64. The van der Waals surface area contributed by atoms with Crippen LogP contribution in [0.1, 0.15) is 29.2 Å². The minimum atomic E-state index is -4.54. The predicted molar refractivity (Wildman–Crippen MR) is 157 cm³/mol. The number of carbonyl (C=O) groups is 1. The molecule has 1 amide bonds. The van der Waals surface area contributed by atoms with E-state index in [1.165, 1.54) is 12.1 Å². The van der Waals surface area contributed by atoms with E-state index in [1.807, 2.05) is 37.3 Å². The molecule has 1 saturated heterocycles. The van der Waals surface area contributed by atoms with Crippen LogP contribution in [0.5, 0.6) is 11.5 Å². The fraction of sp³-hybridized carbons (Fsp3) is 0.172. The zero-order valence-electron chi connectivity index (χ0n) is 20.8. The molecule has 0 saturated carbocycles. The summed E-state index contributed by atoms with van der Waals surface area (Å²) in [5.41, 5.74) is 1.66. The van der Waals surface area contributed by atoms with E-state index >= 15 is 0 Å². The number of nitrogens with zero attached hydrogens (tertiary/aromatic N) is 1. The van der Waals surface area contributed by atoms with Gasteiger partial charge in [0.1, 0.15) is 6.61 Å². The van der Waals surface area contributed by atoms with Crippen LogP contribution in [0.3, 0.4) is 0 Å². The molecule has 10 heteroatoms. The Balaban J connectivity index is 1.66. The summed E-state index contributed by atoms with van der Waals surface area (Å²) >= 11 is 9.81. The maximum atomic E-state index is 13.2. The summed E-state index contributed by atoms with van der Waals surface area (Å²) in [6, 6.07) is 16.0. The molecule has 0 unspecified atom stereocenters. The van der Waals surface area contributed by atoms with Gasteiger partial charge in [-0.15, -0.1) is 6.58 Å². The van der Waals surface area contributed by atoms with Crippen molar-refractivity contribution in [2.75, 3.05) is 11.5 Å². The molecule has 1 aliphatic rings. The van der Waals surface area contributed by atoms with Crippen LogP contribution < -0.4 is 14.4 Å². The van der Waals surface area contributed by atoms with Crippen molar-refractivity contribution in [3.05, 3.63) is 105 Å². The van der Waals surface area contributed by atoms with Gasteiger partial charge in [-0.1, -0.05) is 64.2 Å². The Labute approximate surface area is 242 Å². The van der Waals surface area contributed by atoms with E-state index < -0.39 is 17.6 Å². The lowest BCUT2D eigenvalue weighted by Crippen LogP contribution is -2.27. The van der Waals surface area contributed by atoms with Gasteiger partial charge >= 0.3 is 6.18 Å². The Morgan fingerprint density at radius 3 is 2.51 bits per heavy atom. The zero-order chi connectivity index (χ0) is 28.2. The van der Waals surface area contributed by atoms with Crippen LogP contribution in [0.2, 0.25) is 0 Å². The van der Waals surface area contributed by atoms with Gasteiger partial charge < -0.3 is 9.47 Å². The molecule has 0 bridgehead atoms. The molecule has 202 valence electrons. The van der Waals surface area contributed by atoms with Crippen molar-refractivity contribution < 1.29 is 27.4 Å². The lowest BCUT2D eigenvalue weighted by atomic mass is 10.0. The lowest BCUT2D eigenvalue weighted by Gasteiger charge is -2.17. The SMILES string of the molecule is C=CCc1cc(/C=C2/SC(=S)N(c3cccc(C(F)(F)F)c3)C2=O)cc(OCC)c1OCc1ccc(Br)cc1. The Bertz CT molecular complexity index is 1440. The predicted octanol–water partition coefficient (Wildman–Crippen LogP) is 8.58. The molecule has 39 heavy (non-hydrogen) atoms. The lowest BCUT2D eigenvalue weighted by molar-refractivity contribution is -0.137. The molecular formula is C29H23BrF3NO3S2. The molecule has 0 spiro atoms. The highest BCUT2D eigenvalue weighted by Gasteiger charge is 2.36. The quantitative estimate of drug-likeness (QED) is 0.134. The molecular weight excluding hydrogens is 611 g/mol.